The van der Waals surface area contributed by atoms with Crippen LogP contribution in [0, 0.1) is 6.92 Å². The second-order valence-corrected chi connectivity index (χ2v) is 12.0. The number of carbonyl (C=O) groups excluding carboxylic acids is 1. The molecule has 2 N–H and O–H groups in total. The maximum absolute atomic E-state index is 12.9. The first-order chi connectivity index (χ1) is 20.3. The predicted molar refractivity (Wildman–Crippen MR) is 168 cm³/mol. The number of fused-ring (bicyclic) bond motifs is 1. The monoisotopic (exact) mass is 588 g/mol. The molecule has 0 amide bonds. The summed E-state index contributed by atoms with van der Waals surface area (Å²) < 4.78 is 12.0. The van der Waals surface area contributed by atoms with E-state index in [-0.39, 0.29) is 28.0 Å². The third-order valence-electron chi connectivity index (χ3n) is 7.81. The summed E-state index contributed by atoms with van der Waals surface area (Å²) in [6, 6.07) is 6.68. The number of aryl methyl sites for hydroxylation is 2. The van der Waals surface area contributed by atoms with Crippen molar-refractivity contribution in [2.24, 2.45) is 0 Å². The molecule has 0 saturated carbocycles. The smallest absolute Gasteiger partial charge is 0.344 e. The normalized spacial score (nSPS) is 16.6. The van der Waals surface area contributed by atoms with Crippen LogP contribution in [0.2, 0.25) is 0 Å². The topological polar surface area (TPSA) is 110 Å². The van der Waals surface area contributed by atoms with Gasteiger partial charge >= 0.3 is 17.9 Å². The number of esters is 1. The molecule has 0 aliphatic carbocycles. The van der Waals surface area contributed by atoms with Gasteiger partial charge in [-0.15, -0.1) is 0 Å². The molecule has 0 saturated heterocycles. The molecular formula is C36H44O7. The van der Waals surface area contributed by atoms with Crippen molar-refractivity contribution in [1.82, 2.24) is 0 Å². The van der Waals surface area contributed by atoms with E-state index in [9.17, 15) is 24.6 Å². The van der Waals surface area contributed by atoms with Crippen molar-refractivity contribution < 1.29 is 34.1 Å². The molecule has 7 heteroatoms. The van der Waals surface area contributed by atoms with Gasteiger partial charge in [0.2, 0.25) is 0 Å². The third kappa shape index (κ3) is 9.70. The molecule has 0 unspecified atom stereocenters. The summed E-state index contributed by atoms with van der Waals surface area (Å²) >= 11 is 0. The van der Waals surface area contributed by atoms with Crippen molar-refractivity contribution in [2.75, 3.05) is 0 Å². The summed E-state index contributed by atoms with van der Waals surface area (Å²) in [7, 11) is 0. The van der Waals surface area contributed by atoms with Crippen LogP contribution in [-0.4, -0.2) is 33.7 Å². The highest BCUT2D eigenvalue weighted by Gasteiger charge is 2.32. The minimum absolute atomic E-state index is 0.200. The highest BCUT2D eigenvalue weighted by molar-refractivity contribution is 6.05. The Bertz CT molecular complexity index is 1460. The van der Waals surface area contributed by atoms with Gasteiger partial charge in [0.05, 0.1) is 16.7 Å². The molecule has 43 heavy (non-hydrogen) atoms. The lowest BCUT2D eigenvalue weighted by atomic mass is 9.87. The number of allylic oxidation sites excluding steroid dienone is 6. The van der Waals surface area contributed by atoms with Crippen molar-refractivity contribution in [3.63, 3.8) is 0 Å². The summed E-state index contributed by atoms with van der Waals surface area (Å²) in [5, 5.41) is 18.7. The largest absolute Gasteiger partial charge is 0.487 e. The van der Waals surface area contributed by atoms with Crippen LogP contribution in [0.15, 0.2) is 65.3 Å². The molecule has 0 bridgehead atoms. The van der Waals surface area contributed by atoms with Gasteiger partial charge in [0, 0.05) is 0 Å². The Morgan fingerprint density at radius 2 is 1.53 bits per heavy atom. The number of aromatic carboxylic acids is 2. The Morgan fingerprint density at radius 3 is 2.16 bits per heavy atom. The van der Waals surface area contributed by atoms with E-state index < -0.39 is 17.9 Å². The van der Waals surface area contributed by atoms with Gasteiger partial charge in [0.25, 0.3) is 0 Å². The molecule has 1 aliphatic heterocycles. The van der Waals surface area contributed by atoms with Crippen molar-refractivity contribution in [2.45, 2.75) is 98.5 Å². The van der Waals surface area contributed by atoms with E-state index in [2.05, 4.69) is 52.8 Å². The zero-order chi connectivity index (χ0) is 31.7. The van der Waals surface area contributed by atoms with Gasteiger partial charge in [-0.05, 0) is 134 Å². The number of hydrogen-bond donors (Lipinski definition) is 2. The Kier molecular flexibility index (Phi) is 11.5. The Labute approximate surface area is 254 Å². The van der Waals surface area contributed by atoms with Crippen LogP contribution in [0.5, 0.6) is 11.5 Å². The zero-order valence-corrected chi connectivity index (χ0v) is 26.2. The van der Waals surface area contributed by atoms with E-state index in [1.807, 2.05) is 6.92 Å². The molecule has 7 nitrogen and oxygen atoms in total. The lowest BCUT2D eigenvalue weighted by molar-refractivity contribution is 0.0557. The van der Waals surface area contributed by atoms with E-state index in [1.54, 1.807) is 12.1 Å². The van der Waals surface area contributed by atoms with Gasteiger partial charge in [-0.3, -0.25) is 0 Å². The second kappa shape index (κ2) is 14.9. The fraction of sp³-hybridized carbons (Fsp3) is 0.417. The van der Waals surface area contributed by atoms with Gasteiger partial charge in [-0.25, -0.2) is 14.4 Å². The van der Waals surface area contributed by atoms with Crippen molar-refractivity contribution in [3.05, 3.63) is 93.1 Å². The van der Waals surface area contributed by atoms with Crippen LogP contribution >= 0.6 is 0 Å². The maximum atomic E-state index is 12.9. The Hall–Kier alpha value is -4.13. The van der Waals surface area contributed by atoms with E-state index in [1.165, 1.54) is 16.7 Å². The fourth-order valence-electron chi connectivity index (χ4n) is 5.23. The van der Waals surface area contributed by atoms with Crippen LogP contribution in [-0.2, 0) is 6.42 Å². The number of carboxylic acids is 2. The van der Waals surface area contributed by atoms with E-state index in [4.69, 9.17) is 9.47 Å². The van der Waals surface area contributed by atoms with Crippen LogP contribution in [0.4, 0.5) is 0 Å². The van der Waals surface area contributed by atoms with Gasteiger partial charge in [-0.1, -0.05) is 34.9 Å². The lowest BCUT2D eigenvalue weighted by Crippen LogP contribution is -2.36. The van der Waals surface area contributed by atoms with Gasteiger partial charge in [0.1, 0.15) is 17.1 Å². The summed E-state index contributed by atoms with van der Waals surface area (Å²) in [5.74, 6) is -2.51. The molecule has 1 aliphatic rings. The molecule has 0 radical (unpaired) electrons. The third-order valence-corrected chi connectivity index (χ3v) is 7.81. The molecule has 0 fully saturated rings. The van der Waals surface area contributed by atoms with Crippen molar-refractivity contribution >= 4 is 17.9 Å². The first-order valence-corrected chi connectivity index (χ1v) is 14.9. The molecule has 1 atom stereocenters. The van der Waals surface area contributed by atoms with E-state index in [0.717, 1.165) is 86.4 Å². The zero-order valence-electron chi connectivity index (χ0n) is 26.2. The van der Waals surface area contributed by atoms with Crippen LogP contribution < -0.4 is 9.47 Å². The number of ether oxygens (including phenoxy) is 2. The summed E-state index contributed by atoms with van der Waals surface area (Å²) in [6.07, 6.45) is 14.6. The molecular weight excluding hydrogens is 544 g/mol. The molecule has 3 rings (SSSR count). The molecule has 230 valence electrons. The van der Waals surface area contributed by atoms with E-state index >= 15 is 0 Å². The van der Waals surface area contributed by atoms with Crippen LogP contribution in [0.3, 0.4) is 0 Å². The summed E-state index contributed by atoms with van der Waals surface area (Å²) in [4.78, 5) is 35.9. The SMILES string of the molecule is CC(C)=CCC/C(C)=C/CC/C(C)=C/CC[C@]1(C)CCc2cc(OC(=O)c3cc(C(=O)O)ccc3C(=O)O)cc(C)c2O1. The summed E-state index contributed by atoms with van der Waals surface area (Å²) in [5.41, 5.74) is 4.75. The molecule has 0 aromatic heterocycles. The Morgan fingerprint density at radius 1 is 0.884 bits per heavy atom. The first kappa shape index (κ1) is 33.4. The number of benzene rings is 2. The van der Waals surface area contributed by atoms with Crippen LogP contribution in [0.25, 0.3) is 0 Å². The number of rotatable bonds is 13. The highest BCUT2D eigenvalue weighted by atomic mass is 16.5. The molecule has 2 aromatic carbocycles. The average Bonchev–Trinajstić information content (AvgIpc) is 2.93. The fourth-order valence-corrected chi connectivity index (χ4v) is 5.23. The lowest BCUT2D eigenvalue weighted by Gasteiger charge is -2.37. The summed E-state index contributed by atoms with van der Waals surface area (Å²) in [6.45, 7) is 12.7. The minimum atomic E-state index is -1.35. The number of carbonyl (C=O) groups is 3. The highest BCUT2D eigenvalue weighted by Crippen LogP contribution is 2.40. The van der Waals surface area contributed by atoms with Gasteiger partial charge in [-0.2, -0.15) is 0 Å². The molecule has 0 spiro atoms. The second-order valence-electron chi connectivity index (χ2n) is 12.0. The molecule has 2 aromatic rings. The standard InChI is InChI=1S/C36H44O7/c1-23(2)10-7-11-24(3)12-8-13-25(4)14-9-18-36(6)19-17-27-21-29(20-26(5)32(27)43-36)42-35(41)31-22-28(33(37)38)15-16-30(31)34(39)40/h10,12,14-16,20-22H,7-9,11,13,17-19H2,1-6H3,(H,37,38)(H,39,40)/b24-12+,25-14+/t36-/m1/s1. The average molecular weight is 589 g/mol. The number of hydrogen-bond acceptors (Lipinski definition) is 5. The minimum Gasteiger partial charge on any atom is -0.487 e. The predicted octanol–water partition coefficient (Wildman–Crippen LogP) is 8.89. The van der Waals surface area contributed by atoms with Crippen molar-refractivity contribution in [3.8, 4) is 11.5 Å². The van der Waals surface area contributed by atoms with E-state index in [0.29, 0.717) is 0 Å². The quantitative estimate of drug-likeness (QED) is 0.137. The van der Waals surface area contributed by atoms with Crippen molar-refractivity contribution in [1.29, 1.82) is 0 Å². The maximum Gasteiger partial charge on any atom is 0.344 e. The first-order valence-electron chi connectivity index (χ1n) is 14.9. The van der Waals surface area contributed by atoms with Gasteiger partial charge in [0.15, 0.2) is 0 Å². The Balaban J connectivity index is 1.61. The number of carboxylic acid groups (broad SMARTS) is 2. The van der Waals surface area contributed by atoms with Crippen LogP contribution in [0.1, 0.15) is 122 Å². The van der Waals surface area contributed by atoms with Gasteiger partial charge < -0.3 is 19.7 Å². The molecule has 1 heterocycles.